The van der Waals surface area contributed by atoms with Gasteiger partial charge in [-0.25, -0.2) is 9.97 Å². The molecule has 1 aromatic heterocycles. The van der Waals surface area contributed by atoms with Crippen molar-refractivity contribution in [3.05, 3.63) is 17.4 Å². The van der Waals surface area contributed by atoms with Gasteiger partial charge in [0.1, 0.15) is 6.10 Å². The summed E-state index contributed by atoms with van der Waals surface area (Å²) in [6.07, 6.45) is 6.14. The van der Waals surface area contributed by atoms with Crippen molar-refractivity contribution >= 4 is 23.4 Å². The van der Waals surface area contributed by atoms with Crippen molar-refractivity contribution in [2.45, 2.75) is 38.7 Å². The molecule has 2 aliphatic rings. The summed E-state index contributed by atoms with van der Waals surface area (Å²) >= 11 is 5.78. The molecule has 0 spiro atoms. The second kappa shape index (κ2) is 7.99. The molecule has 0 N–H and O–H groups in total. The van der Waals surface area contributed by atoms with Gasteiger partial charge in [-0.15, -0.1) is 0 Å². The maximum absolute atomic E-state index is 12.8. The molecule has 0 saturated carbocycles. The molecular weight excluding hydrogens is 344 g/mol. The van der Waals surface area contributed by atoms with Crippen LogP contribution in [0.25, 0.3) is 0 Å². The fraction of sp³-hybridized carbons (Fsp3) is 0.647. The van der Waals surface area contributed by atoms with Crippen LogP contribution in [-0.2, 0) is 9.59 Å². The number of rotatable bonds is 3. The third-order valence-electron chi connectivity index (χ3n) is 4.85. The van der Waals surface area contributed by atoms with Crippen LogP contribution in [0.2, 0.25) is 5.02 Å². The van der Waals surface area contributed by atoms with E-state index in [4.69, 9.17) is 16.3 Å². The minimum absolute atomic E-state index is 0.00105. The Labute approximate surface area is 152 Å². The Bertz CT molecular complexity index is 617. The first kappa shape index (κ1) is 17.9. The normalized spacial score (nSPS) is 21.9. The molecule has 1 atom stereocenters. The Hall–Kier alpha value is -1.89. The van der Waals surface area contributed by atoms with Crippen LogP contribution in [0.5, 0.6) is 6.01 Å². The quantitative estimate of drug-likeness (QED) is 0.814. The van der Waals surface area contributed by atoms with Crippen molar-refractivity contribution in [1.29, 1.82) is 0 Å². The first-order chi connectivity index (χ1) is 12.0. The van der Waals surface area contributed by atoms with Crippen LogP contribution in [0, 0.1) is 5.92 Å². The minimum atomic E-state index is -0.101. The fourth-order valence-corrected chi connectivity index (χ4v) is 3.54. The van der Waals surface area contributed by atoms with E-state index in [1.807, 2.05) is 9.80 Å². The second-order valence-electron chi connectivity index (χ2n) is 6.63. The number of hydrogen-bond acceptors (Lipinski definition) is 5. The van der Waals surface area contributed by atoms with Gasteiger partial charge in [-0.2, -0.15) is 0 Å². The Morgan fingerprint density at radius 3 is 2.44 bits per heavy atom. The monoisotopic (exact) mass is 366 g/mol. The van der Waals surface area contributed by atoms with E-state index in [-0.39, 0.29) is 23.8 Å². The van der Waals surface area contributed by atoms with Gasteiger partial charge in [0, 0.05) is 32.5 Å². The van der Waals surface area contributed by atoms with Crippen molar-refractivity contribution in [3.63, 3.8) is 0 Å². The van der Waals surface area contributed by atoms with Gasteiger partial charge < -0.3 is 14.5 Å². The number of carbonyl (C=O) groups is 2. The number of amides is 2. The zero-order valence-corrected chi connectivity index (χ0v) is 15.1. The second-order valence-corrected chi connectivity index (χ2v) is 7.07. The number of aromatic nitrogens is 2. The molecule has 0 radical (unpaired) electrons. The third kappa shape index (κ3) is 4.60. The smallest absolute Gasteiger partial charge is 0.316 e. The fourth-order valence-electron chi connectivity index (χ4n) is 3.44. The summed E-state index contributed by atoms with van der Waals surface area (Å²) in [6.45, 7) is 4.22. The minimum Gasteiger partial charge on any atom is -0.458 e. The molecule has 0 aliphatic carbocycles. The summed E-state index contributed by atoms with van der Waals surface area (Å²) in [5.41, 5.74) is 0. The number of hydrogen-bond donors (Lipinski definition) is 0. The number of carbonyl (C=O) groups excluding carboxylic acids is 2. The largest absolute Gasteiger partial charge is 0.458 e. The molecule has 2 aliphatic heterocycles. The van der Waals surface area contributed by atoms with E-state index in [0.717, 1.165) is 32.2 Å². The average molecular weight is 367 g/mol. The van der Waals surface area contributed by atoms with Crippen LogP contribution >= 0.6 is 11.6 Å². The molecule has 7 nitrogen and oxygen atoms in total. The van der Waals surface area contributed by atoms with Crippen molar-refractivity contribution in [3.8, 4) is 6.01 Å². The van der Waals surface area contributed by atoms with Crippen molar-refractivity contribution < 1.29 is 14.3 Å². The van der Waals surface area contributed by atoms with E-state index >= 15 is 0 Å². The lowest BCUT2D eigenvalue weighted by Gasteiger charge is -2.37. The SMILES string of the molecule is CC(=O)N1CCC(C(=O)N2CCCC(Oc3ncc(Cl)cn3)C2)CC1. The van der Waals surface area contributed by atoms with Gasteiger partial charge in [-0.1, -0.05) is 11.6 Å². The zero-order valence-electron chi connectivity index (χ0n) is 14.4. The van der Waals surface area contributed by atoms with Crippen LogP contribution in [-0.4, -0.2) is 63.9 Å². The Morgan fingerprint density at radius 1 is 1.12 bits per heavy atom. The van der Waals surface area contributed by atoms with E-state index in [0.29, 0.717) is 30.7 Å². The van der Waals surface area contributed by atoms with Gasteiger partial charge >= 0.3 is 6.01 Å². The summed E-state index contributed by atoms with van der Waals surface area (Å²) in [4.78, 5) is 36.0. The highest BCUT2D eigenvalue weighted by Crippen LogP contribution is 2.23. The zero-order chi connectivity index (χ0) is 17.8. The highest BCUT2D eigenvalue weighted by molar-refractivity contribution is 6.30. The van der Waals surface area contributed by atoms with Crippen LogP contribution < -0.4 is 4.74 Å². The summed E-state index contributed by atoms with van der Waals surface area (Å²) < 4.78 is 5.80. The molecule has 3 heterocycles. The average Bonchev–Trinajstić information content (AvgIpc) is 2.63. The molecule has 0 bridgehead atoms. The van der Waals surface area contributed by atoms with Crippen molar-refractivity contribution in [2.24, 2.45) is 5.92 Å². The molecule has 2 amide bonds. The lowest BCUT2D eigenvalue weighted by atomic mass is 9.94. The van der Waals surface area contributed by atoms with Crippen LogP contribution in [0.3, 0.4) is 0 Å². The highest BCUT2D eigenvalue weighted by atomic mass is 35.5. The van der Waals surface area contributed by atoms with Crippen molar-refractivity contribution in [1.82, 2.24) is 19.8 Å². The maximum atomic E-state index is 12.8. The molecule has 8 heteroatoms. The standard InChI is InChI=1S/C17H23ClN4O3/c1-12(23)21-7-4-13(5-8-21)16(24)22-6-2-3-15(11-22)25-17-19-9-14(18)10-20-17/h9-10,13,15H,2-8,11H2,1H3. The first-order valence-corrected chi connectivity index (χ1v) is 9.09. The molecular formula is C17H23ClN4O3. The van der Waals surface area contributed by atoms with E-state index in [9.17, 15) is 9.59 Å². The predicted octanol–water partition coefficient (Wildman–Crippen LogP) is 1.76. The van der Waals surface area contributed by atoms with E-state index in [1.165, 1.54) is 12.4 Å². The number of likely N-dealkylation sites (tertiary alicyclic amines) is 2. The summed E-state index contributed by atoms with van der Waals surface area (Å²) in [5.74, 6) is 0.259. The maximum Gasteiger partial charge on any atom is 0.316 e. The summed E-state index contributed by atoms with van der Waals surface area (Å²) in [5, 5.41) is 0.463. The molecule has 2 saturated heterocycles. The molecule has 136 valence electrons. The molecule has 25 heavy (non-hydrogen) atoms. The number of halogens is 1. The van der Waals surface area contributed by atoms with E-state index in [1.54, 1.807) is 6.92 Å². The predicted molar refractivity (Wildman–Crippen MR) is 92.3 cm³/mol. The summed E-state index contributed by atoms with van der Waals surface area (Å²) in [6, 6.07) is 0.290. The van der Waals surface area contributed by atoms with Gasteiger partial charge in [-0.05, 0) is 25.7 Å². The van der Waals surface area contributed by atoms with Gasteiger partial charge in [-0.3, -0.25) is 9.59 Å². The Balaban J connectivity index is 1.53. The van der Waals surface area contributed by atoms with Gasteiger partial charge in [0.25, 0.3) is 0 Å². The highest BCUT2D eigenvalue weighted by Gasteiger charge is 2.32. The Kier molecular flexibility index (Phi) is 5.73. The van der Waals surface area contributed by atoms with Crippen LogP contribution in [0.4, 0.5) is 0 Å². The lowest BCUT2D eigenvalue weighted by molar-refractivity contribution is -0.142. The van der Waals surface area contributed by atoms with Gasteiger partial charge in [0.05, 0.1) is 24.0 Å². The van der Waals surface area contributed by atoms with Crippen LogP contribution in [0.1, 0.15) is 32.6 Å². The number of ether oxygens (including phenoxy) is 1. The number of piperidine rings is 2. The van der Waals surface area contributed by atoms with Gasteiger partial charge in [0.2, 0.25) is 11.8 Å². The first-order valence-electron chi connectivity index (χ1n) is 8.71. The molecule has 0 aromatic carbocycles. The van der Waals surface area contributed by atoms with Crippen molar-refractivity contribution in [2.75, 3.05) is 26.2 Å². The molecule has 1 aromatic rings. The molecule has 1 unspecified atom stereocenters. The summed E-state index contributed by atoms with van der Waals surface area (Å²) in [7, 11) is 0. The molecule has 3 rings (SSSR count). The third-order valence-corrected chi connectivity index (χ3v) is 5.04. The lowest BCUT2D eigenvalue weighted by Crippen LogP contribution is -2.49. The van der Waals surface area contributed by atoms with Gasteiger partial charge in [0.15, 0.2) is 0 Å². The Morgan fingerprint density at radius 2 is 1.80 bits per heavy atom. The van der Waals surface area contributed by atoms with Crippen LogP contribution in [0.15, 0.2) is 12.4 Å². The topological polar surface area (TPSA) is 75.6 Å². The molecule has 2 fully saturated rings. The van der Waals surface area contributed by atoms with E-state index < -0.39 is 0 Å². The van der Waals surface area contributed by atoms with E-state index in [2.05, 4.69) is 9.97 Å². The number of nitrogens with zero attached hydrogens (tertiary/aromatic N) is 4.